The number of anilines is 1. The maximum atomic E-state index is 11.7. The van der Waals surface area contributed by atoms with Gasteiger partial charge in [0, 0.05) is 0 Å². The number of carboxylic acids is 1. The summed E-state index contributed by atoms with van der Waals surface area (Å²) in [6, 6.07) is 4.26. The topological polar surface area (TPSA) is 89.6 Å². The Bertz CT molecular complexity index is 461. The van der Waals surface area contributed by atoms with E-state index in [0.717, 1.165) is 0 Å². The number of carboxylic acid groups (broad SMARTS) is 1. The summed E-state index contributed by atoms with van der Waals surface area (Å²) in [4.78, 5) is 22.6. The fraction of sp³-hybridized carbons (Fsp3) is 0.333. The van der Waals surface area contributed by atoms with E-state index in [-0.39, 0.29) is 17.0 Å². The van der Waals surface area contributed by atoms with Gasteiger partial charge in [-0.3, -0.25) is 0 Å². The van der Waals surface area contributed by atoms with Crippen LogP contribution in [0, 0.1) is 0 Å². The third-order valence-electron chi connectivity index (χ3n) is 2.31. The van der Waals surface area contributed by atoms with E-state index in [4.69, 9.17) is 27.2 Å². The smallest absolute Gasteiger partial charge is 0.345 e. The summed E-state index contributed by atoms with van der Waals surface area (Å²) in [7, 11) is 0. The normalized spacial score (nSPS) is 11.9. The number of esters is 1. The predicted octanol–water partition coefficient (Wildman–Crippen LogP) is 2.33. The maximum Gasteiger partial charge on any atom is 0.345 e. The molecule has 0 aliphatic carbocycles. The molecule has 0 bridgehead atoms. The van der Waals surface area contributed by atoms with E-state index in [1.54, 1.807) is 0 Å². The Kier molecular flexibility index (Phi) is 4.97. The van der Waals surface area contributed by atoms with Crippen molar-refractivity contribution in [2.45, 2.75) is 25.9 Å². The van der Waals surface area contributed by atoms with Crippen LogP contribution >= 0.6 is 11.6 Å². The number of ether oxygens (including phenoxy) is 1. The molecule has 0 heterocycles. The SMILES string of the molecule is CCCC(OC(=O)c1ccc(N)c(Cl)c1)C(=O)O. The Labute approximate surface area is 109 Å². The van der Waals surface area contributed by atoms with Crippen LogP contribution in [0.25, 0.3) is 0 Å². The van der Waals surface area contributed by atoms with Crippen LogP contribution < -0.4 is 5.73 Å². The van der Waals surface area contributed by atoms with E-state index < -0.39 is 18.0 Å². The van der Waals surface area contributed by atoms with Crippen LogP contribution in [-0.4, -0.2) is 23.1 Å². The van der Waals surface area contributed by atoms with Crippen molar-refractivity contribution in [2.24, 2.45) is 0 Å². The molecular weight excluding hydrogens is 258 g/mol. The summed E-state index contributed by atoms with van der Waals surface area (Å²) in [5.74, 6) is -1.88. The largest absolute Gasteiger partial charge is 0.479 e. The maximum absolute atomic E-state index is 11.7. The van der Waals surface area contributed by atoms with Crippen LogP contribution in [0.2, 0.25) is 5.02 Å². The number of benzene rings is 1. The first-order valence-electron chi connectivity index (χ1n) is 5.44. The van der Waals surface area contributed by atoms with Crippen molar-refractivity contribution < 1.29 is 19.4 Å². The molecule has 1 atom stereocenters. The van der Waals surface area contributed by atoms with E-state index >= 15 is 0 Å². The van der Waals surface area contributed by atoms with E-state index in [2.05, 4.69) is 0 Å². The zero-order valence-corrected chi connectivity index (χ0v) is 10.6. The molecule has 5 nitrogen and oxygen atoms in total. The highest BCUT2D eigenvalue weighted by Crippen LogP contribution is 2.20. The van der Waals surface area contributed by atoms with E-state index in [0.29, 0.717) is 12.1 Å². The number of rotatable bonds is 5. The van der Waals surface area contributed by atoms with Gasteiger partial charge in [-0.15, -0.1) is 0 Å². The van der Waals surface area contributed by atoms with Crippen molar-refractivity contribution >= 4 is 29.2 Å². The molecule has 3 N–H and O–H groups in total. The van der Waals surface area contributed by atoms with Crippen molar-refractivity contribution in [1.82, 2.24) is 0 Å². The average molecular weight is 272 g/mol. The second-order valence-electron chi connectivity index (χ2n) is 3.76. The lowest BCUT2D eigenvalue weighted by molar-refractivity contribution is -0.147. The van der Waals surface area contributed by atoms with E-state index in [1.807, 2.05) is 6.92 Å². The van der Waals surface area contributed by atoms with Crippen LogP contribution in [0.3, 0.4) is 0 Å². The Hall–Kier alpha value is -1.75. The van der Waals surface area contributed by atoms with Crippen molar-refractivity contribution in [1.29, 1.82) is 0 Å². The van der Waals surface area contributed by atoms with Crippen molar-refractivity contribution in [3.63, 3.8) is 0 Å². The second kappa shape index (κ2) is 6.26. The molecular formula is C12H14ClNO4. The minimum Gasteiger partial charge on any atom is -0.479 e. The minimum absolute atomic E-state index is 0.177. The molecule has 0 amide bonds. The lowest BCUT2D eigenvalue weighted by atomic mass is 10.2. The number of aliphatic carboxylic acids is 1. The molecule has 18 heavy (non-hydrogen) atoms. The third kappa shape index (κ3) is 3.63. The average Bonchev–Trinajstić information content (AvgIpc) is 2.31. The lowest BCUT2D eigenvalue weighted by Gasteiger charge is -2.13. The van der Waals surface area contributed by atoms with Gasteiger partial charge in [0.25, 0.3) is 0 Å². The summed E-state index contributed by atoms with van der Waals surface area (Å²) >= 11 is 5.77. The molecule has 0 saturated carbocycles. The van der Waals surface area contributed by atoms with Gasteiger partial charge in [0.05, 0.1) is 16.3 Å². The van der Waals surface area contributed by atoms with Gasteiger partial charge in [0.2, 0.25) is 0 Å². The van der Waals surface area contributed by atoms with Gasteiger partial charge < -0.3 is 15.6 Å². The van der Waals surface area contributed by atoms with Crippen molar-refractivity contribution in [2.75, 3.05) is 5.73 Å². The molecule has 0 aliphatic rings. The quantitative estimate of drug-likeness (QED) is 0.634. The van der Waals surface area contributed by atoms with Gasteiger partial charge in [-0.1, -0.05) is 24.9 Å². The number of carbonyl (C=O) groups is 2. The molecule has 0 fully saturated rings. The van der Waals surface area contributed by atoms with Crippen LogP contribution in [0.5, 0.6) is 0 Å². The predicted molar refractivity (Wildman–Crippen MR) is 67.6 cm³/mol. The third-order valence-corrected chi connectivity index (χ3v) is 2.64. The number of hydrogen-bond donors (Lipinski definition) is 2. The molecule has 0 spiro atoms. The zero-order chi connectivity index (χ0) is 13.7. The van der Waals surface area contributed by atoms with Gasteiger partial charge in [-0.2, -0.15) is 0 Å². The molecule has 6 heteroatoms. The summed E-state index contributed by atoms with van der Waals surface area (Å²) < 4.78 is 4.90. The Balaban J connectivity index is 2.80. The standard InChI is InChI=1S/C12H14ClNO4/c1-2-3-10(11(15)16)18-12(17)7-4-5-9(14)8(13)6-7/h4-6,10H,2-3,14H2,1H3,(H,15,16). The Morgan fingerprint density at radius 2 is 2.17 bits per heavy atom. The molecule has 0 radical (unpaired) electrons. The highest BCUT2D eigenvalue weighted by Gasteiger charge is 2.22. The number of halogens is 1. The molecule has 1 unspecified atom stereocenters. The van der Waals surface area contributed by atoms with Crippen LogP contribution in [0.4, 0.5) is 5.69 Å². The fourth-order valence-electron chi connectivity index (χ4n) is 1.35. The summed E-state index contributed by atoms with van der Waals surface area (Å²) in [5, 5.41) is 9.10. The Morgan fingerprint density at radius 3 is 2.67 bits per heavy atom. The number of nitrogen functional groups attached to an aromatic ring is 1. The number of carbonyl (C=O) groups excluding carboxylic acids is 1. The van der Waals surface area contributed by atoms with Gasteiger partial charge in [-0.25, -0.2) is 9.59 Å². The first-order valence-corrected chi connectivity index (χ1v) is 5.82. The van der Waals surface area contributed by atoms with Gasteiger partial charge in [0.15, 0.2) is 6.10 Å². The number of hydrogen-bond acceptors (Lipinski definition) is 4. The first-order chi connectivity index (χ1) is 8.45. The minimum atomic E-state index is -1.16. The zero-order valence-electron chi connectivity index (χ0n) is 9.85. The molecule has 98 valence electrons. The van der Waals surface area contributed by atoms with Gasteiger partial charge >= 0.3 is 11.9 Å². The van der Waals surface area contributed by atoms with E-state index in [1.165, 1.54) is 18.2 Å². The van der Waals surface area contributed by atoms with E-state index in [9.17, 15) is 9.59 Å². The van der Waals surface area contributed by atoms with Crippen LogP contribution in [0.1, 0.15) is 30.1 Å². The second-order valence-corrected chi connectivity index (χ2v) is 4.16. The molecule has 0 aliphatic heterocycles. The molecule has 0 saturated heterocycles. The summed E-state index contributed by atoms with van der Waals surface area (Å²) in [6.07, 6.45) is -0.268. The monoisotopic (exact) mass is 271 g/mol. The van der Waals surface area contributed by atoms with Crippen LogP contribution in [-0.2, 0) is 9.53 Å². The fourth-order valence-corrected chi connectivity index (χ4v) is 1.53. The van der Waals surface area contributed by atoms with Gasteiger partial charge in [0.1, 0.15) is 0 Å². The molecule has 1 aromatic rings. The van der Waals surface area contributed by atoms with Gasteiger partial charge in [-0.05, 0) is 24.6 Å². The van der Waals surface area contributed by atoms with Crippen molar-refractivity contribution in [3.8, 4) is 0 Å². The molecule has 1 rings (SSSR count). The van der Waals surface area contributed by atoms with Crippen molar-refractivity contribution in [3.05, 3.63) is 28.8 Å². The highest BCUT2D eigenvalue weighted by atomic mass is 35.5. The number of nitrogens with two attached hydrogens (primary N) is 1. The van der Waals surface area contributed by atoms with Crippen LogP contribution in [0.15, 0.2) is 18.2 Å². The molecule has 0 aromatic heterocycles. The Morgan fingerprint density at radius 1 is 1.50 bits per heavy atom. The highest BCUT2D eigenvalue weighted by molar-refractivity contribution is 6.33. The first kappa shape index (κ1) is 14.3. The summed E-state index contributed by atoms with van der Waals surface area (Å²) in [5.41, 5.74) is 6.03. The lowest BCUT2D eigenvalue weighted by Crippen LogP contribution is -2.26. The molecule has 1 aromatic carbocycles. The summed E-state index contributed by atoms with van der Waals surface area (Å²) in [6.45, 7) is 1.81.